The van der Waals surface area contributed by atoms with Crippen LogP contribution >= 0.6 is 11.6 Å². The van der Waals surface area contributed by atoms with Crippen LogP contribution in [0, 0.1) is 11.7 Å². The molecule has 3 amide bonds. The summed E-state index contributed by atoms with van der Waals surface area (Å²) in [4.78, 5) is 27.9. The van der Waals surface area contributed by atoms with Gasteiger partial charge in [-0.2, -0.15) is 0 Å². The molecule has 0 saturated heterocycles. The fraction of sp³-hybridized carbons (Fsp3) is 0.517. The van der Waals surface area contributed by atoms with Crippen LogP contribution in [-0.2, 0) is 14.8 Å². The molecule has 9 nitrogen and oxygen atoms in total. The quantitative estimate of drug-likeness (QED) is 0.276. The van der Waals surface area contributed by atoms with Crippen molar-refractivity contribution in [3.05, 3.63) is 47.2 Å². The van der Waals surface area contributed by atoms with Gasteiger partial charge in [0.15, 0.2) is 6.10 Å². The van der Waals surface area contributed by atoms with E-state index in [0.717, 1.165) is 44.0 Å². The van der Waals surface area contributed by atoms with Gasteiger partial charge >= 0.3 is 6.03 Å². The van der Waals surface area contributed by atoms with E-state index in [1.54, 1.807) is 12.1 Å². The van der Waals surface area contributed by atoms with Gasteiger partial charge in [-0.3, -0.25) is 4.79 Å². The third-order valence-electron chi connectivity index (χ3n) is 7.17. The maximum Gasteiger partial charge on any atom is 0.323 e. The fourth-order valence-corrected chi connectivity index (χ4v) is 6.51. The van der Waals surface area contributed by atoms with Gasteiger partial charge in [-0.1, -0.05) is 44.7 Å². The Morgan fingerprint density at radius 3 is 2.32 bits per heavy atom. The highest BCUT2D eigenvalue weighted by molar-refractivity contribution is 7.90. The molecular formula is C29H38ClFN4O5S. The van der Waals surface area contributed by atoms with Crippen molar-refractivity contribution in [3.8, 4) is 5.75 Å². The summed E-state index contributed by atoms with van der Waals surface area (Å²) in [6.45, 7) is 6.48. The molecule has 12 heteroatoms. The van der Waals surface area contributed by atoms with Gasteiger partial charge in [-0.05, 0) is 68.9 Å². The fourth-order valence-electron chi connectivity index (χ4n) is 4.98. The van der Waals surface area contributed by atoms with Crippen molar-refractivity contribution in [1.29, 1.82) is 0 Å². The minimum Gasteiger partial charge on any atom is -0.481 e. The van der Waals surface area contributed by atoms with Gasteiger partial charge < -0.3 is 20.3 Å². The SMILES string of the molecule is CC(C)CN(c1ccc(OC(C)C(=O)NS(=O)(=O)C2CC2)cc1NC(=O)Nc1ccc(Cl)cc1F)C1CCCCC1. The highest BCUT2D eigenvalue weighted by atomic mass is 35.5. The first-order valence-electron chi connectivity index (χ1n) is 14.1. The first-order valence-corrected chi connectivity index (χ1v) is 16.0. The number of sulfonamides is 1. The highest BCUT2D eigenvalue weighted by Gasteiger charge is 2.37. The summed E-state index contributed by atoms with van der Waals surface area (Å²) < 4.78 is 46.7. The van der Waals surface area contributed by atoms with Crippen molar-refractivity contribution in [2.45, 2.75) is 83.1 Å². The Balaban J connectivity index is 1.60. The predicted molar refractivity (Wildman–Crippen MR) is 160 cm³/mol. The standard InChI is InChI=1S/C29H38ClFN4O5S/c1-18(2)17-35(21-7-5-4-6-8-21)27-14-10-22(40-19(3)28(36)34-41(38,39)23-11-12-23)16-26(27)33-29(37)32-25-13-9-20(30)15-24(25)31/h9-10,13-16,18-19,21,23H,4-8,11-12,17H2,1-3H3,(H,34,36)(H2,32,33,37). The lowest BCUT2D eigenvalue weighted by atomic mass is 9.93. The Morgan fingerprint density at radius 1 is 1.00 bits per heavy atom. The van der Waals surface area contributed by atoms with Gasteiger partial charge in [0, 0.05) is 23.7 Å². The topological polar surface area (TPSA) is 117 Å². The van der Waals surface area contributed by atoms with Crippen molar-refractivity contribution in [1.82, 2.24) is 4.72 Å². The lowest BCUT2D eigenvalue weighted by Crippen LogP contribution is -2.41. The van der Waals surface area contributed by atoms with E-state index in [-0.39, 0.29) is 22.5 Å². The van der Waals surface area contributed by atoms with Crippen molar-refractivity contribution in [2.75, 3.05) is 22.1 Å². The average molecular weight is 609 g/mol. The number of amides is 3. The third kappa shape index (κ3) is 8.48. The van der Waals surface area contributed by atoms with Gasteiger partial charge in [0.2, 0.25) is 10.0 Å². The number of carbonyl (C=O) groups is 2. The number of anilines is 3. The number of urea groups is 1. The normalized spacial score (nSPS) is 16.6. The smallest absolute Gasteiger partial charge is 0.323 e. The Kier molecular flexibility index (Phi) is 10.0. The monoisotopic (exact) mass is 608 g/mol. The van der Waals surface area contributed by atoms with E-state index < -0.39 is 39.1 Å². The zero-order chi connectivity index (χ0) is 29.7. The second-order valence-corrected chi connectivity index (χ2v) is 13.6. The van der Waals surface area contributed by atoms with Gasteiger partial charge in [-0.15, -0.1) is 0 Å². The molecular weight excluding hydrogens is 571 g/mol. The summed E-state index contributed by atoms with van der Waals surface area (Å²) in [6, 6.07) is 8.71. The zero-order valence-electron chi connectivity index (χ0n) is 23.6. The second kappa shape index (κ2) is 13.3. The molecule has 4 rings (SSSR count). The molecule has 3 N–H and O–H groups in total. The number of rotatable bonds is 11. The predicted octanol–water partition coefficient (Wildman–Crippen LogP) is 6.29. The Labute approximate surface area is 246 Å². The van der Waals surface area contributed by atoms with Crippen molar-refractivity contribution in [3.63, 3.8) is 0 Å². The highest BCUT2D eigenvalue weighted by Crippen LogP contribution is 2.36. The minimum absolute atomic E-state index is 0.0330. The van der Waals surface area contributed by atoms with Gasteiger partial charge in [0.05, 0.1) is 22.3 Å². The number of halogens is 2. The van der Waals surface area contributed by atoms with Gasteiger partial charge in [-0.25, -0.2) is 22.3 Å². The van der Waals surface area contributed by atoms with Crippen LogP contribution in [0.3, 0.4) is 0 Å². The summed E-state index contributed by atoms with van der Waals surface area (Å²) >= 11 is 5.84. The van der Waals surface area contributed by atoms with Crippen molar-refractivity contribution < 1.29 is 27.1 Å². The summed E-state index contributed by atoms with van der Waals surface area (Å²) in [5, 5.41) is 5.02. The number of nitrogens with one attached hydrogen (secondary N) is 3. The van der Waals surface area contributed by atoms with Crippen LogP contribution in [0.1, 0.15) is 65.7 Å². The molecule has 2 saturated carbocycles. The molecule has 0 bridgehead atoms. The number of benzene rings is 2. The molecule has 2 aromatic carbocycles. The van der Waals surface area contributed by atoms with Crippen LogP contribution in [0.5, 0.6) is 5.75 Å². The molecule has 2 aliphatic carbocycles. The summed E-state index contributed by atoms with van der Waals surface area (Å²) in [7, 11) is -3.72. The Hall–Kier alpha value is -3.05. The zero-order valence-corrected chi connectivity index (χ0v) is 25.2. The molecule has 224 valence electrons. The third-order valence-corrected chi connectivity index (χ3v) is 9.24. The molecule has 0 heterocycles. The van der Waals surface area contributed by atoms with E-state index in [1.807, 2.05) is 6.07 Å². The number of nitrogens with zero attached hydrogens (tertiary/aromatic N) is 1. The van der Waals surface area contributed by atoms with Crippen molar-refractivity contribution in [2.24, 2.45) is 5.92 Å². The molecule has 0 radical (unpaired) electrons. The Bertz CT molecular complexity index is 1360. The molecule has 2 aliphatic rings. The van der Waals surface area contributed by atoms with Crippen LogP contribution in [-0.4, -0.2) is 44.3 Å². The number of hydrogen-bond acceptors (Lipinski definition) is 6. The minimum atomic E-state index is -3.72. The molecule has 2 fully saturated rings. The molecule has 0 aliphatic heterocycles. The summed E-state index contributed by atoms with van der Waals surface area (Å²) in [5.41, 5.74) is 1.16. The largest absolute Gasteiger partial charge is 0.481 e. The molecule has 41 heavy (non-hydrogen) atoms. The number of ether oxygens (including phenoxy) is 1. The molecule has 2 aromatic rings. The van der Waals surface area contributed by atoms with E-state index in [2.05, 4.69) is 34.1 Å². The molecule has 0 aromatic heterocycles. The number of hydrogen-bond donors (Lipinski definition) is 3. The first-order chi connectivity index (χ1) is 19.4. The van der Waals surface area contributed by atoms with E-state index in [4.69, 9.17) is 16.3 Å². The number of carbonyl (C=O) groups excluding carboxylic acids is 2. The Morgan fingerprint density at radius 2 is 1.68 bits per heavy atom. The molecule has 0 spiro atoms. The van der Waals surface area contributed by atoms with E-state index in [0.29, 0.717) is 24.4 Å². The lowest BCUT2D eigenvalue weighted by Gasteiger charge is -2.38. The van der Waals surface area contributed by atoms with Crippen LogP contribution in [0.15, 0.2) is 36.4 Å². The summed E-state index contributed by atoms with van der Waals surface area (Å²) in [6.07, 6.45) is 5.44. The summed E-state index contributed by atoms with van der Waals surface area (Å²) in [5.74, 6) is -0.833. The van der Waals surface area contributed by atoms with Crippen LogP contribution in [0.25, 0.3) is 0 Å². The van der Waals surface area contributed by atoms with Crippen molar-refractivity contribution >= 4 is 50.6 Å². The van der Waals surface area contributed by atoms with Crippen LogP contribution in [0.4, 0.5) is 26.2 Å². The average Bonchev–Trinajstić information content (AvgIpc) is 3.76. The van der Waals surface area contributed by atoms with Crippen LogP contribution < -0.4 is 25.0 Å². The van der Waals surface area contributed by atoms with Gasteiger partial charge in [0.1, 0.15) is 11.6 Å². The molecule has 1 unspecified atom stereocenters. The molecule has 1 atom stereocenters. The van der Waals surface area contributed by atoms with Gasteiger partial charge in [0.25, 0.3) is 5.91 Å². The van der Waals surface area contributed by atoms with E-state index in [1.165, 1.54) is 25.5 Å². The first kappa shape index (κ1) is 30.9. The van der Waals surface area contributed by atoms with Crippen LogP contribution in [0.2, 0.25) is 5.02 Å². The van der Waals surface area contributed by atoms with E-state index in [9.17, 15) is 22.4 Å². The van der Waals surface area contributed by atoms with E-state index >= 15 is 0 Å². The second-order valence-electron chi connectivity index (χ2n) is 11.2. The maximum absolute atomic E-state index is 14.4. The lowest BCUT2D eigenvalue weighted by molar-refractivity contribution is -0.125. The maximum atomic E-state index is 14.4.